The predicted molar refractivity (Wildman–Crippen MR) is 77.3 cm³/mol. The second-order valence-corrected chi connectivity index (χ2v) is 5.28. The van der Waals surface area contributed by atoms with Crippen molar-refractivity contribution in [2.24, 2.45) is 0 Å². The minimum atomic E-state index is -4.68. The summed E-state index contributed by atoms with van der Waals surface area (Å²) in [5.74, 6) is -0.0550. The second kappa shape index (κ2) is 5.63. The largest absolute Gasteiger partial charge is 0.450 e. The number of carbonyl (C=O) groups excluding carboxylic acids is 1. The minimum Gasteiger partial charge on any atom is -0.450 e. The number of ketones is 1. The van der Waals surface area contributed by atoms with Crippen LogP contribution in [-0.2, 0) is 12.6 Å². The summed E-state index contributed by atoms with van der Waals surface area (Å²) in [6.45, 7) is 0. The quantitative estimate of drug-likeness (QED) is 0.609. The lowest BCUT2D eigenvalue weighted by molar-refractivity contribution is -0.385. The monoisotopic (exact) mass is 337 g/mol. The van der Waals surface area contributed by atoms with Crippen molar-refractivity contribution in [1.82, 2.24) is 0 Å². The van der Waals surface area contributed by atoms with E-state index in [1.807, 2.05) is 0 Å². The van der Waals surface area contributed by atoms with Crippen LogP contribution in [0.2, 0.25) is 0 Å². The van der Waals surface area contributed by atoms with E-state index in [1.165, 1.54) is 6.07 Å². The van der Waals surface area contributed by atoms with Gasteiger partial charge in [-0.25, -0.2) is 0 Å². The fourth-order valence-corrected chi connectivity index (χ4v) is 2.54. The molecule has 5 nitrogen and oxygen atoms in total. The molecule has 1 aliphatic rings. The molecule has 0 unspecified atom stereocenters. The van der Waals surface area contributed by atoms with Crippen molar-refractivity contribution < 1.29 is 27.6 Å². The third-order valence-corrected chi connectivity index (χ3v) is 3.71. The molecule has 1 aliphatic carbocycles. The Hall–Kier alpha value is -2.90. The molecular weight excluding hydrogens is 327 g/mol. The average Bonchev–Trinajstić information content (AvgIpc) is 2.87. The molecule has 8 heteroatoms. The summed E-state index contributed by atoms with van der Waals surface area (Å²) in [6.07, 6.45) is -3.75. The fourth-order valence-electron chi connectivity index (χ4n) is 2.54. The lowest BCUT2D eigenvalue weighted by Gasteiger charge is -2.10. The van der Waals surface area contributed by atoms with Gasteiger partial charge in [-0.15, -0.1) is 0 Å². The molecule has 24 heavy (non-hydrogen) atoms. The first-order chi connectivity index (χ1) is 11.3. The SMILES string of the molecule is O=C1CCc2cc(Oc3ccc(C(F)(F)F)cc3[N+](=O)[O-])ccc21. The maximum absolute atomic E-state index is 12.7. The molecule has 2 aromatic carbocycles. The molecule has 0 heterocycles. The smallest absolute Gasteiger partial charge is 0.416 e. The molecule has 0 amide bonds. The minimum absolute atomic E-state index is 0.0112. The van der Waals surface area contributed by atoms with E-state index in [4.69, 9.17) is 4.74 Å². The Kier molecular flexibility index (Phi) is 3.75. The van der Waals surface area contributed by atoms with E-state index in [-0.39, 0.29) is 17.3 Å². The molecule has 0 saturated carbocycles. The standard InChI is InChI=1S/C16H10F3NO4/c17-16(18,19)10-2-6-15(13(8-10)20(22)23)24-11-3-4-12-9(7-11)1-5-14(12)21/h2-4,6-8H,1,5H2. The number of nitrogens with zero attached hydrogens (tertiary/aromatic N) is 1. The predicted octanol–water partition coefficient (Wildman–Crippen LogP) is 4.53. The maximum Gasteiger partial charge on any atom is 0.416 e. The first-order valence-corrected chi connectivity index (χ1v) is 6.95. The summed E-state index contributed by atoms with van der Waals surface area (Å²) in [5, 5.41) is 11.0. The van der Waals surface area contributed by atoms with Crippen molar-refractivity contribution in [3.05, 3.63) is 63.2 Å². The Bertz CT molecular complexity index is 846. The Morgan fingerprint density at radius 1 is 1.08 bits per heavy atom. The van der Waals surface area contributed by atoms with Gasteiger partial charge in [0.25, 0.3) is 0 Å². The van der Waals surface area contributed by atoms with Crippen LogP contribution in [0, 0.1) is 10.1 Å². The number of nitro groups is 1. The van der Waals surface area contributed by atoms with Crippen molar-refractivity contribution >= 4 is 11.5 Å². The number of Topliss-reactive ketones (excluding diaryl/α,β-unsaturated/α-hetero) is 1. The average molecular weight is 337 g/mol. The zero-order valence-electron chi connectivity index (χ0n) is 12.1. The molecule has 0 atom stereocenters. The highest BCUT2D eigenvalue weighted by Crippen LogP contribution is 2.38. The lowest BCUT2D eigenvalue weighted by atomic mass is 10.1. The van der Waals surface area contributed by atoms with Gasteiger partial charge in [-0.05, 0) is 42.3 Å². The van der Waals surface area contributed by atoms with Gasteiger partial charge in [-0.2, -0.15) is 13.2 Å². The Balaban J connectivity index is 1.95. The maximum atomic E-state index is 12.7. The normalized spacial score (nSPS) is 13.7. The zero-order chi connectivity index (χ0) is 17.5. The molecule has 0 bridgehead atoms. The van der Waals surface area contributed by atoms with E-state index >= 15 is 0 Å². The molecule has 124 valence electrons. The van der Waals surface area contributed by atoms with E-state index in [0.717, 1.165) is 17.7 Å². The second-order valence-electron chi connectivity index (χ2n) is 5.28. The highest BCUT2D eigenvalue weighted by atomic mass is 19.4. The molecular formula is C16H10F3NO4. The van der Waals surface area contributed by atoms with Crippen LogP contribution in [0.15, 0.2) is 36.4 Å². The number of alkyl halides is 3. The summed E-state index contributed by atoms with van der Waals surface area (Å²) in [7, 11) is 0. The molecule has 0 radical (unpaired) electrons. The Labute approximate surface area is 133 Å². The van der Waals surface area contributed by atoms with E-state index < -0.39 is 22.4 Å². The lowest BCUT2D eigenvalue weighted by Crippen LogP contribution is -2.06. The summed E-state index contributed by atoms with van der Waals surface area (Å²) in [6, 6.07) is 6.66. The van der Waals surface area contributed by atoms with Crippen molar-refractivity contribution in [2.75, 3.05) is 0 Å². The number of halogens is 3. The van der Waals surface area contributed by atoms with Gasteiger partial charge in [0.2, 0.25) is 5.75 Å². The van der Waals surface area contributed by atoms with E-state index in [1.54, 1.807) is 12.1 Å². The fraction of sp³-hybridized carbons (Fsp3) is 0.188. The van der Waals surface area contributed by atoms with Gasteiger partial charge in [0, 0.05) is 18.1 Å². The summed E-state index contributed by atoms with van der Waals surface area (Å²) in [5.41, 5.74) is -0.571. The van der Waals surface area contributed by atoms with Crippen LogP contribution >= 0.6 is 0 Å². The van der Waals surface area contributed by atoms with Crippen LogP contribution in [0.3, 0.4) is 0 Å². The molecule has 0 N–H and O–H groups in total. The number of hydrogen-bond acceptors (Lipinski definition) is 4. The van der Waals surface area contributed by atoms with Gasteiger partial charge in [-0.1, -0.05) is 0 Å². The number of aryl methyl sites for hydroxylation is 1. The van der Waals surface area contributed by atoms with Crippen LogP contribution in [0.4, 0.5) is 18.9 Å². The van der Waals surface area contributed by atoms with E-state index in [0.29, 0.717) is 24.5 Å². The van der Waals surface area contributed by atoms with Gasteiger partial charge < -0.3 is 4.74 Å². The Morgan fingerprint density at radius 2 is 1.83 bits per heavy atom. The molecule has 3 rings (SSSR count). The van der Waals surface area contributed by atoms with Crippen molar-refractivity contribution in [2.45, 2.75) is 19.0 Å². The zero-order valence-corrected chi connectivity index (χ0v) is 12.1. The molecule has 0 aromatic heterocycles. The number of carbonyl (C=O) groups is 1. The van der Waals surface area contributed by atoms with Gasteiger partial charge in [0.1, 0.15) is 5.75 Å². The highest BCUT2D eigenvalue weighted by molar-refractivity contribution is 6.00. The first-order valence-electron chi connectivity index (χ1n) is 6.95. The van der Waals surface area contributed by atoms with Crippen molar-refractivity contribution in [3.63, 3.8) is 0 Å². The van der Waals surface area contributed by atoms with Gasteiger partial charge in [0.15, 0.2) is 5.78 Å². The number of hydrogen-bond donors (Lipinski definition) is 0. The molecule has 0 saturated heterocycles. The van der Waals surface area contributed by atoms with Gasteiger partial charge in [0.05, 0.1) is 10.5 Å². The molecule has 0 aliphatic heterocycles. The van der Waals surface area contributed by atoms with Crippen LogP contribution in [0.25, 0.3) is 0 Å². The third-order valence-electron chi connectivity index (χ3n) is 3.71. The number of rotatable bonds is 3. The van der Waals surface area contributed by atoms with Crippen LogP contribution in [-0.4, -0.2) is 10.7 Å². The van der Waals surface area contributed by atoms with E-state index in [2.05, 4.69) is 0 Å². The van der Waals surface area contributed by atoms with Gasteiger partial charge in [-0.3, -0.25) is 14.9 Å². The highest BCUT2D eigenvalue weighted by Gasteiger charge is 2.33. The first kappa shape index (κ1) is 16.0. The van der Waals surface area contributed by atoms with Crippen LogP contribution < -0.4 is 4.74 Å². The summed E-state index contributed by atoms with van der Waals surface area (Å²) < 4.78 is 43.4. The number of nitro benzene ring substituents is 1. The van der Waals surface area contributed by atoms with Crippen molar-refractivity contribution in [1.29, 1.82) is 0 Å². The molecule has 0 fully saturated rings. The van der Waals surface area contributed by atoms with Crippen LogP contribution in [0.1, 0.15) is 27.9 Å². The third kappa shape index (κ3) is 2.94. The van der Waals surface area contributed by atoms with E-state index in [9.17, 15) is 28.1 Å². The molecule has 2 aromatic rings. The Morgan fingerprint density at radius 3 is 2.50 bits per heavy atom. The van der Waals surface area contributed by atoms with Gasteiger partial charge >= 0.3 is 11.9 Å². The topological polar surface area (TPSA) is 69.4 Å². The van der Waals surface area contributed by atoms with Crippen molar-refractivity contribution in [3.8, 4) is 11.5 Å². The number of ether oxygens (including phenoxy) is 1. The number of fused-ring (bicyclic) bond motifs is 1. The molecule has 0 spiro atoms. The van der Waals surface area contributed by atoms with Crippen LogP contribution in [0.5, 0.6) is 11.5 Å². The summed E-state index contributed by atoms with van der Waals surface area (Å²) >= 11 is 0. The number of benzene rings is 2. The summed E-state index contributed by atoms with van der Waals surface area (Å²) in [4.78, 5) is 21.7.